The normalized spacial score (nSPS) is 29.1. The Bertz CT molecular complexity index is 247. The topological polar surface area (TPSA) is 12.0 Å². The van der Waals surface area contributed by atoms with Gasteiger partial charge in [-0.05, 0) is 5.56 Å². The molecule has 2 rings (SSSR count). The summed E-state index contributed by atoms with van der Waals surface area (Å²) in [5, 5.41) is 3.05. The minimum absolute atomic E-state index is 0.0613. The lowest BCUT2D eigenvalue weighted by molar-refractivity contribution is 0.332. The number of nitrogens with one attached hydrogen (secondary N) is 1. The molecular weight excluding hydrogens is 153 g/mol. The summed E-state index contributed by atoms with van der Waals surface area (Å²) in [6.07, 6.45) is -0.715. The maximum absolute atomic E-state index is 13.2. The third kappa shape index (κ3) is 1.34. The lowest BCUT2D eigenvalue weighted by atomic mass is 9.97. The zero-order chi connectivity index (χ0) is 8.39. The summed E-state index contributed by atoms with van der Waals surface area (Å²) in [4.78, 5) is 0. The molecule has 1 aliphatic heterocycles. The minimum Gasteiger partial charge on any atom is -0.313 e. The Kier molecular flexibility index (Phi) is 2.09. The van der Waals surface area contributed by atoms with E-state index in [1.807, 2.05) is 30.3 Å². The van der Waals surface area contributed by atoms with E-state index >= 15 is 0 Å². The molecule has 0 radical (unpaired) electrons. The molecule has 0 aromatic heterocycles. The van der Waals surface area contributed by atoms with Crippen molar-refractivity contribution in [1.29, 1.82) is 0 Å². The van der Waals surface area contributed by atoms with Crippen LogP contribution in [0.25, 0.3) is 0 Å². The Balaban J connectivity index is 2.19. The van der Waals surface area contributed by atoms with Crippen molar-refractivity contribution in [1.82, 2.24) is 5.32 Å². The van der Waals surface area contributed by atoms with Crippen LogP contribution in [0.3, 0.4) is 0 Å². The molecule has 1 aromatic carbocycles. The van der Waals surface area contributed by atoms with E-state index in [9.17, 15) is 4.39 Å². The summed E-state index contributed by atoms with van der Waals surface area (Å²) < 4.78 is 13.2. The average molecular weight is 165 g/mol. The molecule has 1 nitrogen and oxygen atoms in total. The molecule has 2 heteroatoms. The Morgan fingerprint density at radius 2 is 1.92 bits per heavy atom. The van der Waals surface area contributed by atoms with Crippen LogP contribution in [0.4, 0.5) is 4.39 Å². The SMILES string of the molecule is F[C@H]1CNC[C@H]1c1ccccc1. The van der Waals surface area contributed by atoms with E-state index in [-0.39, 0.29) is 5.92 Å². The van der Waals surface area contributed by atoms with Crippen molar-refractivity contribution in [2.75, 3.05) is 13.1 Å². The second kappa shape index (κ2) is 3.23. The average Bonchev–Trinajstić information content (AvgIpc) is 2.53. The fourth-order valence-corrected chi connectivity index (χ4v) is 1.67. The second-order valence-corrected chi connectivity index (χ2v) is 3.19. The van der Waals surface area contributed by atoms with Gasteiger partial charge in [-0.25, -0.2) is 4.39 Å². The van der Waals surface area contributed by atoms with Crippen LogP contribution in [0.2, 0.25) is 0 Å². The van der Waals surface area contributed by atoms with Crippen molar-refractivity contribution in [3.8, 4) is 0 Å². The lowest BCUT2D eigenvalue weighted by Crippen LogP contribution is -2.10. The Morgan fingerprint density at radius 3 is 2.50 bits per heavy atom. The van der Waals surface area contributed by atoms with Gasteiger partial charge in [-0.1, -0.05) is 30.3 Å². The molecule has 1 saturated heterocycles. The third-order valence-corrected chi connectivity index (χ3v) is 2.37. The van der Waals surface area contributed by atoms with Gasteiger partial charge in [0.15, 0.2) is 0 Å². The van der Waals surface area contributed by atoms with E-state index in [0.717, 1.165) is 12.1 Å². The number of hydrogen-bond acceptors (Lipinski definition) is 1. The lowest BCUT2D eigenvalue weighted by Gasteiger charge is -2.10. The van der Waals surface area contributed by atoms with Crippen LogP contribution in [0.1, 0.15) is 11.5 Å². The molecule has 12 heavy (non-hydrogen) atoms. The zero-order valence-corrected chi connectivity index (χ0v) is 6.83. The zero-order valence-electron chi connectivity index (χ0n) is 6.83. The molecule has 1 aromatic rings. The predicted molar refractivity (Wildman–Crippen MR) is 46.9 cm³/mol. The summed E-state index contributed by atoms with van der Waals surface area (Å²) >= 11 is 0. The highest BCUT2D eigenvalue weighted by molar-refractivity contribution is 5.22. The Morgan fingerprint density at radius 1 is 1.17 bits per heavy atom. The van der Waals surface area contributed by atoms with Gasteiger partial charge in [-0.15, -0.1) is 0 Å². The molecular formula is C10H12FN. The highest BCUT2D eigenvalue weighted by Crippen LogP contribution is 2.24. The van der Waals surface area contributed by atoms with Gasteiger partial charge in [-0.3, -0.25) is 0 Å². The van der Waals surface area contributed by atoms with Gasteiger partial charge < -0.3 is 5.32 Å². The number of hydrogen-bond donors (Lipinski definition) is 1. The van der Waals surface area contributed by atoms with Gasteiger partial charge in [0.2, 0.25) is 0 Å². The van der Waals surface area contributed by atoms with Crippen molar-refractivity contribution in [2.24, 2.45) is 0 Å². The highest BCUT2D eigenvalue weighted by Gasteiger charge is 2.27. The summed E-state index contributed by atoms with van der Waals surface area (Å²) in [5.74, 6) is 0.0613. The molecule has 0 unspecified atom stereocenters. The molecule has 0 saturated carbocycles. The summed E-state index contributed by atoms with van der Waals surface area (Å²) in [7, 11) is 0. The standard InChI is InChI=1S/C10H12FN/c11-10-7-12-6-9(10)8-4-2-1-3-5-8/h1-5,9-10,12H,6-7H2/t9-,10-/m0/s1. The minimum atomic E-state index is -0.715. The molecule has 0 bridgehead atoms. The van der Waals surface area contributed by atoms with E-state index in [2.05, 4.69) is 5.32 Å². The second-order valence-electron chi connectivity index (χ2n) is 3.19. The fraction of sp³-hybridized carbons (Fsp3) is 0.400. The van der Waals surface area contributed by atoms with Crippen molar-refractivity contribution >= 4 is 0 Å². The van der Waals surface area contributed by atoms with Gasteiger partial charge in [0, 0.05) is 19.0 Å². The number of benzene rings is 1. The molecule has 2 atom stereocenters. The van der Waals surface area contributed by atoms with Crippen molar-refractivity contribution in [2.45, 2.75) is 12.1 Å². The van der Waals surface area contributed by atoms with Crippen molar-refractivity contribution in [3.63, 3.8) is 0 Å². The van der Waals surface area contributed by atoms with E-state index in [1.165, 1.54) is 0 Å². The highest BCUT2D eigenvalue weighted by atomic mass is 19.1. The van der Waals surface area contributed by atoms with E-state index in [0.29, 0.717) is 6.54 Å². The van der Waals surface area contributed by atoms with Crippen LogP contribution >= 0.6 is 0 Å². The quantitative estimate of drug-likeness (QED) is 0.668. The third-order valence-electron chi connectivity index (χ3n) is 2.37. The number of alkyl halides is 1. The monoisotopic (exact) mass is 165 g/mol. The first-order valence-corrected chi connectivity index (χ1v) is 4.27. The molecule has 0 spiro atoms. The fourth-order valence-electron chi connectivity index (χ4n) is 1.67. The van der Waals surface area contributed by atoms with Crippen LogP contribution < -0.4 is 5.32 Å². The van der Waals surface area contributed by atoms with Gasteiger partial charge in [-0.2, -0.15) is 0 Å². The first-order valence-electron chi connectivity index (χ1n) is 4.27. The van der Waals surface area contributed by atoms with E-state index < -0.39 is 6.17 Å². The van der Waals surface area contributed by atoms with Crippen LogP contribution in [-0.4, -0.2) is 19.3 Å². The molecule has 0 amide bonds. The maximum Gasteiger partial charge on any atom is 0.121 e. The van der Waals surface area contributed by atoms with Gasteiger partial charge in [0.25, 0.3) is 0 Å². The predicted octanol–water partition coefficient (Wildman–Crippen LogP) is 1.71. The van der Waals surface area contributed by atoms with Gasteiger partial charge in [0.1, 0.15) is 6.17 Å². The summed E-state index contributed by atoms with van der Waals surface area (Å²) in [6, 6.07) is 9.86. The molecule has 64 valence electrons. The van der Waals surface area contributed by atoms with Crippen LogP contribution in [0, 0.1) is 0 Å². The van der Waals surface area contributed by atoms with Crippen LogP contribution in [0.15, 0.2) is 30.3 Å². The van der Waals surface area contributed by atoms with Crippen molar-refractivity contribution < 1.29 is 4.39 Å². The molecule has 1 aliphatic rings. The molecule has 0 aliphatic carbocycles. The first-order chi connectivity index (χ1) is 5.88. The van der Waals surface area contributed by atoms with Gasteiger partial charge in [0.05, 0.1) is 0 Å². The van der Waals surface area contributed by atoms with Crippen LogP contribution in [-0.2, 0) is 0 Å². The summed E-state index contributed by atoms with van der Waals surface area (Å²) in [5.41, 5.74) is 1.11. The Hall–Kier alpha value is -0.890. The smallest absolute Gasteiger partial charge is 0.121 e. The van der Waals surface area contributed by atoms with Crippen molar-refractivity contribution in [3.05, 3.63) is 35.9 Å². The molecule has 1 heterocycles. The van der Waals surface area contributed by atoms with Crippen LogP contribution in [0.5, 0.6) is 0 Å². The number of rotatable bonds is 1. The largest absolute Gasteiger partial charge is 0.313 e. The van der Waals surface area contributed by atoms with E-state index in [1.54, 1.807) is 0 Å². The first kappa shape index (κ1) is 7.74. The van der Waals surface area contributed by atoms with Gasteiger partial charge >= 0.3 is 0 Å². The molecule has 1 fully saturated rings. The number of halogens is 1. The Labute approximate surface area is 71.6 Å². The summed E-state index contributed by atoms with van der Waals surface area (Å²) in [6.45, 7) is 1.27. The van der Waals surface area contributed by atoms with E-state index in [4.69, 9.17) is 0 Å². The maximum atomic E-state index is 13.2. The molecule has 1 N–H and O–H groups in total.